The Labute approximate surface area is 144 Å². The molecule has 0 aliphatic carbocycles. The fourth-order valence-electron chi connectivity index (χ4n) is 2.54. The lowest BCUT2D eigenvalue weighted by atomic mass is 9.98. The summed E-state index contributed by atoms with van der Waals surface area (Å²) in [5, 5.41) is 2.29. The molecule has 0 atom stereocenters. The van der Waals surface area contributed by atoms with Crippen molar-refractivity contribution in [3.63, 3.8) is 0 Å². The molecule has 24 heavy (non-hydrogen) atoms. The van der Waals surface area contributed by atoms with Crippen molar-refractivity contribution >= 4 is 23.1 Å². The van der Waals surface area contributed by atoms with Crippen molar-refractivity contribution in [2.45, 2.75) is 6.92 Å². The summed E-state index contributed by atoms with van der Waals surface area (Å²) in [6, 6.07) is 16.6. The fraction of sp³-hybridized carbons (Fsp3) is 0.0500. The summed E-state index contributed by atoms with van der Waals surface area (Å²) >= 11 is 4.55. The van der Waals surface area contributed by atoms with Gasteiger partial charge in [-0.15, -0.1) is 0 Å². The topological polar surface area (TPSA) is 12.4 Å². The first-order valence-corrected chi connectivity index (χ1v) is 7.73. The maximum absolute atomic E-state index is 14.5. The van der Waals surface area contributed by atoms with Gasteiger partial charge in [0.2, 0.25) is 0 Å². The highest BCUT2D eigenvalue weighted by molar-refractivity contribution is 7.78. The van der Waals surface area contributed by atoms with E-state index in [0.717, 1.165) is 5.56 Å². The number of hydrogen-bond acceptors (Lipinski definition) is 2. The summed E-state index contributed by atoms with van der Waals surface area (Å²) in [5.41, 5.74) is 3.54. The van der Waals surface area contributed by atoms with Gasteiger partial charge < -0.3 is 0 Å². The monoisotopic (exact) mass is 337 g/mol. The van der Waals surface area contributed by atoms with Crippen molar-refractivity contribution in [3.8, 4) is 22.3 Å². The van der Waals surface area contributed by atoms with Crippen molar-refractivity contribution in [2.75, 3.05) is 0 Å². The fourth-order valence-corrected chi connectivity index (χ4v) is 2.64. The molecule has 3 aromatic carbocycles. The number of thiocarbonyl (C=S) groups is 1. The Hall–Kier alpha value is -2.68. The lowest BCUT2D eigenvalue weighted by Crippen LogP contribution is -1.89. The second-order valence-corrected chi connectivity index (χ2v) is 5.61. The molecule has 0 unspecified atom stereocenters. The van der Waals surface area contributed by atoms with E-state index in [4.69, 9.17) is 0 Å². The Morgan fingerprint density at radius 1 is 0.792 bits per heavy atom. The van der Waals surface area contributed by atoms with E-state index in [1.165, 1.54) is 12.1 Å². The van der Waals surface area contributed by atoms with E-state index in [1.807, 2.05) is 6.92 Å². The lowest BCUT2D eigenvalue weighted by molar-refractivity contribution is 0.626. The number of isothiocyanates is 1. The summed E-state index contributed by atoms with van der Waals surface area (Å²) in [7, 11) is 0. The zero-order chi connectivity index (χ0) is 17.1. The van der Waals surface area contributed by atoms with Gasteiger partial charge in [-0.05, 0) is 60.1 Å². The Balaban J connectivity index is 1.99. The van der Waals surface area contributed by atoms with Gasteiger partial charge in [0.25, 0.3) is 0 Å². The Morgan fingerprint density at radius 2 is 1.38 bits per heavy atom. The molecule has 0 heterocycles. The molecule has 0 fully saturated rings. The molecule has 0 saturated heterocycles. The molecule has 1 nitrogen and oxygen atoms in total. The van der Waals surface area contributed by atoms with Gasteiger partial charge >= 0.3 is 0 Å². The molecule has 0 aromatic heterocycles. The van der Waals surface area contributed by atoms with Gasteiger partial charge in [0.1, 0.15) is 11.6 Å². The molecule has 0 aliphatic rings. The van der Waals surface area contributed by atoms with Crippen molar-refractivity contribution in [2.24, 2.45) is 4.99 Å². The van der Waals surface area contributed by atoms with Crippen LogP contribution in [0.1, 0.15) is 5.56 Å². The van der Waals surface area contributed by atoms with Crippen molar-refractivity contribution < 1.29 is 8.78 Å². The molecule has 0 spiro atoms. The predicted molar refractivity (Wildman–Crippen MR) is 96.7 cm³/mol. The highest BCUT2D eigenvalue weighted by Crippen LogP contribution is 2.30. The molecule has 4 heteroatoms. The molecule has 0 amide bonds. The average Bonchev–Trinajstić information content (AvgIpc) is 2.56. The van der Waals surface area contributed by atoms with Crippen LogP contribution >= 0.6 is 12.2 Å². The normalized spacial score (nSPS) is 10.3. The highest BCUT2D eigenvalue weighted by Gasteiger charge is 2.10. The van der Waals surface area contributed by atoms with Crippen molar-refractivity contribution in [1.82, 2.24) is 0 Å². The summed E-state index contributed by atoms with van der Waals surface area (Å²) in [5.74, 6) is -0.761. The third-order valence-electron chi connectivity index (χ3n) is 3.76. The molecule has 0 radical (unpaired) electrons. The van der Waals surface area contributed by atoms with Gasteiger partial charge in [-0.2, -0.15) is 4.99 Å². The van der Waals surface area contributed by atoms with E-state index in [2.05, 4.69) is 22.4 Å². The molecule has 0 bridgehead atoms. The number of aryl methyl sites for hydroxylation is 1. The van der Waals surface area contributed by atoms with Crippen LogP contribution in [0, 0.1) is 18.6 Å². The summed E-state index contributed by atoms with van der Waals surface area (Å²) < 4.78 is 28.6. The minimum absolute atomic E-state index is 0.357. The van der Waals surface area contributed by atoms with Gasteiger partial charge in [0.15, 0.2) is 0 Å². The van der Waals surface area contributed by atoms with Crippen LogP contribution in [0.15, 0.2) is 65.7 Å². The third kappa shape index (κ3) is 3.30. The zero-order valence-corrected chi connectivity index (χ0v) is 13.7. The van der Waals surface area contributed by atoms with E-state index in [0.29, 0.717) is 27.9 Å². The number of hydrogen-bond donors (Lipinski definition) is 0. The molecule has 0 saturated carbocycles. The first-order valence-electron chi connectivity index (χ1n) is 7.33. The van der Waals surface area contributed by atoms with E-state index in [9.17, 15) is 8.78 Å². The van der Waals surface area contributed by atoms with Crippen LogP contribution < -0.4 is 0 Å². The van der Waals surface area contributed by atoms with Gasteiger partial charge in [0, 0.05) is 11.1 Å². The third-order valence-corrected chi connectivity index (χ3v) is 3.85. The number of aliphatic imine (C=N–C) groups is 1. The quantitative estimate of drug-likeness (QED) is 0.401. The Morgan fingerprint density at radius 3 is 2.00 bits per heavy atom. The van der Waals surface area contributed by atoms with Gasteiger partial charge in [-0.3, -0.25) is 0 Å². The zero-order valence-electron chi connectivity index (χ0n) is 12.9. The van der Waals surface area contributed by atoms with E-state index in [1.54, 1.807) is 48.5 Å². The predicted octanol–water partition coefficient (Wildman–Crippen LogP) is 6.34. The van der Waals surface area contributed by atoms with Crippen molar-refractivity contribution in [3.05, 3.63) is 77.9 Å². The lowest BCUT2D eigenvalue weighted by Gasteiger charge is -2.08. The molecule has 0 N–H and O–H groups in total. The van der Waals surface area contributed by atoms with Crippen LogP contribution in [0.4, 0.5) is 14.5 Å². The number of rotatable bonds is 3. The summed E-state index contributed by atoms with van der Waals surface area (Å²) in [4.78, 5) is 3.86. The molecule has 3 aromatic rings. The number of benzene rings is 3. The van der Waals surface area contributed by atoms with Gasteiger partial charge in [-0.25, -0.2) is 8.78 Å². The Kier molecular flexibility index (Phi) is 4.61. The molecule has 0 aliphatic heterocycles. The minimum atomic E-state index is -0.404. The second kappa shape index (κ2) is 6.83. The van der Waals surface area contributed by atoms with E-state index in [-0.39, 0.29) is 5.82 Å². The van der Waals surface area contributed by atoms with Crippen LogP contribution in [0.25, 0.3) is 22.3 Å². The average molecular weight is 337 g/mol. The Bertz CT molecular complexity index is 942. The maximum atomic E-state index is 14.5. The van der Waals surface area contributed by atoms with Crippen LogP contribution in [-0.4, -0.2) is 5.16 Å². The highest BCUT2D eigenvalue weighted by atomic mass is 32.1. The van der Waals surface area contributed by atoms with E-state index < -0.39 is 5.82 Å². The number of halogens is 2. The molecular formula is C20H13F2NS. The molecule has 118 valence electrons. The number of nitrogens with zero attached hydrogens (tertiary/aromatic N) is 1. The smallest absolute Gasteiger partial charge is 0.131 e. The van der Waals surface area contributed by atoms with Gasteiger partial charge in [0.05, 0.1) is 10.8 Å². The molecule has 3 rings (SSSR count). The maximum Gasteiger partial charge on any atom is 0.131 e. The summed E-state index contributed by atoms with van der Waals surface area (Å²) in [6.45, 7) is 1.81. The largest absolute Gasteiger partial charge is 0.206 e. The van der Waals surface area contributed by atoms with Crippen LogP contribution in [0.3, 0.4) is 0 Å². The summed E-state index contributed by atoms with van der Waals surface area (Å²) in [6.07, 6.45) is 0. The van der Waals surface area contributed by atoms with Crippen LogP contribution in [-0.2, 0) is 0 Å². The van der Waals surface area contributed by atoms with Crippen molar-refractivity contribution in [1.29, 1.82) is 0 Å². The second-order valence-electron chi connectivity index (χ2n) is 5.43. The SMILES string of the molecule is Cc1ccc(-c2ccc(-c3ccc(N=C=S)cc3)c(F)c2)c(F)c1. The van der Waals surface area contributed by atoms with Crippen LogP contribution in [0.2, 0.25) is 0 Å². The molecular weight excluding hydrogens is 324 g/mol. The first kappa shape index (κ1) is 16.2. The van der Waals surface area contributed by atoms with Crippen LogP contribution in [0.5, 0.6) is 0 Å². The first-order chi connectivity index (χ1) is 11.6. The van der Waals surface area contributed by atoms with E-state index >= 15 is 0 Å². The minimum Gasteiger partial charge on any atom is -0.206 e. The standard InChI is InChI=1S/C20H13F2NS/c1-13-2-8-18(19(21)10-13)15-5-9-17(20(22)11-15)14-3-6-16(7-4-14)23-12-24/h2-11H,1H3. The van der Waals surface area contributed by atoms with Gasteiger partial charge in [-0.1, -0.05) is 36.4 Å².